The number of benzene rings is 1. The predicted molar refractivity (Wildman–Crippen MR) is 48.8 cm³/mol. The Morgan fingerprint density at radius 2 is 1.67 bits per heavy atom. The average Bonchev–Trinajstić information content (AvgIpc) is 2.02. The van der Waals surface area contributed by atoms with E-state index >= 15 is 0 Å². The number of nitrogens with two attached hydrogens (primary N) is 1. The summed E-state index contributed by atoms with van der Waals surface area (Å²) in [5.74, 6) is 0. The second kappa shape index (κ2) is 5.37. The van der Waals surface area contributed by atoms with Crippen molar-refractivity contribution in [3.05, 3.63) is 35.4 Å². The van der Waals surface area contributed by atoms with Crippen LogP contribution in [0.4, 0.5) is 13.2 Å². The van der Waals surface area contributed by atoms with E-state index in [0.717, 1.165) is 17.7 Å². The maximum absolute atomic E-state index is 12.2. The first-order chi connectivity index (χ1) is 6.39. The van der Waals surface area contributed by atoms with Crippen molar-refractivity contribution in [1.29, 1.82) is 0 Å². The molecule has 0 saturated carbocycles. The third-order valence-electron chi connectivity index (χ3n) is 1.84. The van der Waals surface area contributed by atoms with Crippen molar-refractivity contribution in [2.45, 2.75) is 25.6 Å². The number of hydrogen-bond donors (Lipinski definition) is 1. The Morgan fingerprint density at radius 3 is 2.00 bits per heavy atom. The van der Waals surface area contributed by atoms with Gasteiger partial charge in [-0.25, -0.2) is 0 Å². The smallest absolute Gasteiger partial charge is 0.416 e. The summed E-state index contributed by atoms with van der Waals surface area (Å²) in [6.07, 6.45) is -3.66. The molecule has 5 heteroatoms. The lowest BCUT2D eigenvalue weighted by Crippen LogP contribution is -3.00. The number of rotatable bonds is 2. The molecule has 0 amide bonds. The van der Waals surface area contributed by atoms with E-state index in [2.05, 4.69) is 0 Å². The van der Waals surface area contributed by atoms with Crippen LogP contribution in [0.25, 0.3) is 0 Å². The zero-order valence-corrected chi connectivity index (χ0v) is 8.94. The van der Waals surface area contributed by atoms with E-state index in [1.54, 1.807) is 0 Å². The third-order valence-corrected chi connectivity index (χ3v) is 1.84. The van der Waals surface area contributed by atoms with Crippen LogP contribution in [-0.2, 0) is 12.6 Å². The molecule has 1 aromatic rings. The molecule has 1 aromatic carbocycles. The molecule has 0 bridgehead atoms. The second-order valence-electron chi connectivity index (χ2n) is 3.38. The van der Waals surface area contributed by atoms with Gasteiger partial charge in [-0.3, -0.25) is 0 Å². The van der Waals surface area contributed by atoms with E-state index < -0.39 is 11.7 Å². The summed E-state index contributed by atoms with van der Waals surface area (Å²) in [5, 5.41) is 0. The molecule has 0 aliphatic carbocycles. The van der Waals surface area contributed by atoms with Crippen molar-refractivity contribution < 1.29 is 25.6 Å². The van der Waals surface area contributed by atoms with E-state index in [1.807, 2.05) is 6.92 Å². The molecule has 86 valence electrons. The van der Waals surface area contributed by atoms with E-state index in [0.29, 0.717) is 6.42 Å². The van der Waals surface area contributed by atoms with Gasteiger partial charge in [-0.05, 0) is 31.0 Å². The summed E-state index contributed by atoms with van der Waals surface area (Å²) in [6, 6.07) is 5.06. The highest BCUT2D eigenvalue weighted by Crippen LogP contribution is 2.29. The van der Waals surface area contributed by atoms with Gasteiger partial charge in [0.1, 0.15) is 0 Å². The molecule has 0 fully saturated rings. The summed E-state index contributed by atoms with van der Waals surface area (Å²) in [5.41, 5.74) is 5.73. The van der Waals surface area contributed by atoms with Gasteiger partial charge in [-0.2, -0.15) is 13.2 Å². The molecule has 0 saturated heterocycles. The molecule has 0 spiro atoms. The summed E-state index contributed by atoms with van der Waals surface area (Å²) >= 11 is 0. The van der Waals surface area contributed by atoms with Crippen LogP contribution in [0, 0.1) is 0 Å². The molecule has 1 atom stereocenters. The minimum absolute atomic E-state index is 0. The fourth-order valence-electron chi connectivity index (χ4n) is 1.20. The first-order valence-corrected chi connectivity index (χ1v) is 4.31. The number of alkyl halides is 3. The fourth-order valence-corrected chi connectivity index (χ4v) is 1.20. The molecule has 0 aliphatic heterocycles. The summed E-state index contributed by atoms with van der Waals surface area (Å²) < 4.78 is 36.5. The average molecular weight is 239 g/mol. The van der Waals surface area contributed by atoms with E-state index in [4.69, 9.17) is 5.73 Å². The lowest BCUT2D eigenvalue weighted by Gasteiger charge is -2.08. The van der Waals surface area contributed by atoms with Gasteiger partial charge in [0, 0.05) is 6.04 Å². The van der Waals surface area contributed by atoms with Crippen molar-refractivity contribution in [3.8, 4) is 0 Å². The van der Waals surface area contributed by atoms with Gasteiger partial charge in [0.25, 0.3) is 0 Å². The normalized spacial score (nSPS) is 13.1. The van der Waals surface area contributed by atoms with Crippen LogP contribution in [0.15, 0.2) is 24.3 Å². The van der Waals surface area contributed by atoms with Crippen LogP contribution < -0.4 is 18.1 Å². The van der Waals surface area contributed by atoms with Crippen LogP contribution in [0.1, 0.15) is 18.1 Å². The minimum atomic E-state index is -4.26. The van der Waals surface area contributed by atoms with Crippen LogP contribution >= 0.6 is 0 Å². The van der Waals surface area contributed by atoms with Gasteiger partial charge in [-0.1, -0.05) is 12.1 Å². The molecule has 1 unspecified atom stereocenters. The topological polar surface area (TPSA) is 26.0 Å². The van der Waals surface area contributed by atoms with Gasteiger partial charge in [-0.15, -0.1) is 0 Å². The molecular weight excluding hydrogens is 227 g/mol. The first-order valence-electron chi connectivity index (χ1n) is 4.31. The zero-order valence-electron chi connectivity index (χ0n) is 8.18. The Balaban J connectivity index is 0.00000196. The Hall–Kier alpha value is -0.740. The largest absolute Gasteiger partial charge is 1.00 e. The zero-order chi connectivity index (χ0) is 10.8. The van der Waals surface area contributed by atoms with Crippen molar-refractivity contribution in [2.24, 2.45) is 5.73 Å². The van der Waals surface area contributed by atoms with Gasteiger partial charge in [0.2, 0.25) is 0 Å². The molecule has 1 nitrogen and oxygen atoms in total. The molecule has 0 aromatic heterocycles. The van der Waals surface area contributed by atoms with Crippen LogP contribution in [-0.4, -0.2) is 6.04 Å². The number of hydrogen-bond acceptors (Lipinski definition) is 1. The Labute approximate surface area is 92.9 Å². The Kier molecular flexibility index (Phi) is 5.11. The highest BCUT2D eigenvalue weighted by Gasteiger charge is 2.29. The second-order valence-corrected chi connectivity index (χ2v) is 3.38. The van der Waals surface area contributed by atoms with Gasteiger partial charge in [0.15, 0.2) is 0 Å². The molecule has 0 radical (unpaired) electrons. The van der Waals surface area contributed by atoms with Gasteiger partial charge < -0.3 is 18.1 Å². The number of halogens is 4. The molecule has 15 heavy (non-hydrogen) atoms. The fraction of sp³-hybridized carbons (Fsp3) is 0.400. The monoisotopic (exact) mass is 238 g/mol. The minimum Gasteiger partial charge on any atom is -1.00 e. The highest BCUT2D eigenvalue weighted by atomic mass is 35.5. The van der Waals surface area contributed by atoms with Crippen LogP contribution in [0.5, 0.6) is 0 Å². The quantitative estimate of drug-likeness (QED) is 0.746. The molecule has 1 rings (SSSR count). The Morgan fingerprint density at radius 1 is 1.20 bits per heavy atom. The maximum atomic E-state index is 12.2. The van der Waals surface area contributed by atoms with E-state index in [9.17, 15) is 13.2 Å². The molecule has 0 heterocycles. The van der Waals surface area contributed by atoms with Crippen LogP contribution in [0.3, 0.4) is 0 Å². The molecular formula is C10H12ClF3N-. The predicted octanol–water partition coefficient (Wildman–Crippen LogP) is -0.401. The summed E-state index contributed by atoms with van der Waals surface area (Å²) in [7, 11) is 0. The van der Waals surface area contributed by atoms with E-state index in [-0.39, 0.29) is 18.4 Å². The van der Waals surface area contributed by atoms with Crippen molar-refractivity contribution in [2.75, 3.05) is 0 Å². The standard InChI is InChI=1S/C10H12F3N.ClH/c1-7(14)6-8-2-4-9(5-3-8)10(11,12)13;/h2-5,7H,6,14H2,1H3;1H/p-1. The summed E-state index contributed by atoms with van der Waals surface area (Å²) in [4.78, 5) is 0. The SMILES string of the molecule is CC(N)Cc1ccc(C(F)(F)F)cc1.[Cl-]. The van der Waals surface area contributed by atoms with Crippen molar-refractivity contribution in [1.82, 2.24) is 0 Å². The van der Waals surface area contributed by atoms with Crippen molar-refractivity contribution in [3.63, 3.8) is 0 Å². The highest BCUT2D eigenvalue weighted by molar-refractivity contribution is 5.25. The summed E-state index contributed by atoms with van der Waals surface area (Å²) in [6.45, 7) is 1.82. The molecule has 2 N–H and O–H groups in total. The van der Waals surface area contributed by atoms with Gasteiger partial charge >= 0.3 is 6.18 Å². The lowest BCUT2D eigenvalue weighted by atomic mass is 10.1. The first kappa shape index (κ1) is 14.3. The van der Waals surface area contributed by atoms with E-state index in [1.165, 1.54) is 12.1 Å². The van der Waals surface area contributed by atoms with Gasteiger partial charge in [0.05, 0.1) is 5.56 Å². The Bertz CT molecular complexity index is 293. The van der Waals surface area contributed by atoms with Crippen molar-refractivity contribution >= 4 is 0 Å². The third kappa shape index (κ3) is 4.53. The lowest BCUT2D eigenvalue weighted by molar-refractivity contribution is -0.137. The molecule has 0 aliphatic rings. The maximum Gasteiger partial charge on any atom is 0.416 e. The van der Waals surface area contributed by atoms with Crippen LogP contribution in [0.2, 0.25) is 0 Å².